The molecule has 0 fully saturated rings. The van der Waals surface area contributed by atoms with Crippen LogP contribution in [-0.2, 0) is 22.5 Å². The molecule has 28 heavy (non-hydrogen) atoms. The Morgan fingerprint density at radius 2 is 2.07 bits per heavy atom. The van der Waals surface area contributed by atoms with Crippen LogP contribution in [-0.4, -0.2) is 37.8 Å². The van der Waals surface area contributed by atoms with Gasteiger partial charge in [0, 0.05) is 23.5 Å². The van der Waals surface area contributed by atoms with Crippen LogP contribution in [0.1, 0.15) is 34.1 Å². The van der Waals surface area contributed by atoms with Crippen LogP contribution in [0.25, 0.3) is 0 Å². The third-order valence-corrected chi connectivity index (χ3v) is 6.94. The van der Waals surface area contributed by atoms with Crippen LogP contribution in [0.15, 0.2) is 29.2 Å². The van der Waals surface area contributed by atoms with Crippen molar-refractivity contribution < 1.29 is 23.6 Å². The number of amides is 1. The highest BCUT2D eigenvalue weighted by molar-refractivity contribution is 7.99. The van der Waals surface area contributed by atoms with Crippen molar-refractivity contribution in [3.63, 3.8) is 0 Å². The second kappa shape index (κ2) is 9.54. The fourth-order valence-corrected chi connectivity index (χ4v) is 5.40. The molecule has 1 aliphatic rings. The summed E-state index contributed by atoms with van der Waals surface area (Å²) >= 11 is 2.98. The van der Waals surface area contributed by atoms with Crippen LogP contribution < -0.4 is 10.2 Å². The van der Waals surface area contributed by atoms with Gasteiger partial charge in [-0.2, -0.15) is 0 Å². The number of fused-ring (bicyclic) bond motifs is 1. The first-order valence-electron chi connectivity index (χ1n) is 9.26. The molecule has 1 aliphatic heterocycles. The Morgan fingerprint density at radius 1 is 1.32 bits per heavy atom. The molecule has 0 aliphatic carbocycles. The number of benzene rings is 1. The van der Waals surface area contributed by atoms with Crippen molar-refractivity contribution in [1.82, 2.24) is 0 Å². The maximum Gasteiger partial charge on any atom is 0.341 e. The van der Waals surface area contributed by atoms with E-state index >= 15 is 0 Å². The maximum atomic E-state index is 12.9. The Bertz CT molecular complexity index is 852. The molecule has 1 amide bonds. The fourth-order valence-electron chi connectivity index (χ4n) is 3.23. The molecular formula is C20H24FN2O3S2+. The molecule has 2 aromatic rings. The van der Waals surface area contributed by atoms with Gasteiger partial charge in [0.1, 0.15) is 17.4 Å². The predicted octanol–water partition coefficient (Wildman–Crippen LogP) is 2.76. The number of carbonyl (C=O) groups excluding carboxylic acids is 2. The van der Waals surface area contributed by atoms with E-state index in [1.807, 2.05) is 0 Å². The molecule has 0 saturated heterocycles. The number of hydrogen-bond donors (Lipinski definition) is 2. The summed E-state index contributed by atoms with van der Waals surface area (Å²) in [5.74, 6) is -0.238. The van der Waals surface area contributed by atoms with Gasteiger partial charge in [0.05, 0.1) is 30.6 Å². The van der Waals surface area contributed by atoms with Crippen LogP contribution in [0.3, 0.4) is 0 Å². The molecular weight excluding hydrogens is 399 g/mol. The number of thioether (sulfide) groups is 1. The van der Waals surface area contributed by atoms with E-state index in [-0.39, 0.29) is 11.7 Å². The van der Waals surface area contributed by atoms with Crippen molar-refractivity contribution in [2.24, 2.45) is 0 Å². The molecule has 0 saturated carbocycles. The maximum absolute atomic E-state index is 12.9. The third kappa shape index (κ3) is 4.92. The van der Waals surface area contributed by atoms with Crippen molar-refractivity contribution in [3.05, 3.63) is 46.1 Å². The Balaban J connectivity index is 1.65. The van der Waals surface area contributed by atoms with E-state index in [4.69, 9.17) is 4.74 Å². The zero-order valence-corrected chi connectivity index (χ0v) is 17.6. The van der Waals surface area contributed by atoms with Gasteiger partial charge in [-0.05, 0) is 36.8 Å². The largest absolute Gasteiger partial charge is 0.465 e. The minimum Gasteiger partial charge on any atom is -0.465 e. The number of methoxy groups -OCH3 is 1. The van der Waals surface area contributed by atoms with Gasteiger partial charge < -0.3 is 15.0 Å². The second-order valence-electron chi connectivity index (χ2n) is 6.58. The molecule has 2 N–H and O–H groups in total. The van der Waals surface area contributed by atoms with Crippen molar-refractivity contribution in [2.75, 3.05) is 31.3 Å². The Labute approximate surface area is 172 Å². The van der Waals surface area contributed by atoms with E-state index in [2.05, 4.69) is 12.2 Å². The van der Waals surface area contributed by atoms with Crippen molar-refractivity contribution in [2.45, 2.75) is 31.2 Å². The quantitative estimate of drug-likeness (QED) is 0.531. The van der Waals surface area contributed by atoms with Crippen LogP contribution in [0.5, 0.6) is 0 Å². The molecule has 1 atom stereocenters. The van der Waals surface area contributed by atoms with Gasteiger partial charge in [-0.3, -0.25) is 4.79 Å². The number of nitrogens with one attached hydrogen (secondary N) is 2. The number of quaternary nitrogens is 1. The summed E-state index contributed by atoms with van der Waals surface area (Å²) in [6.07, 6.45) is 1.12. The summed E-state index contributed by atoms with van der Waals surface area (Å²) in [5, 5.41) is 3.50. The van der Waals surface area contributed by atoms with Gasteiger partial charge in [-0.25, -0.2) is 9.18 Å². The van der Waals surface area contributed by atoms with Crippen LogP contribution in [0, 0.1) is 5.82 Å². The number of likely N-dealkylation sites (N-methyl/N-ethyl adjacent to an activating group) is 1. The first-order valence-corrected chi connectivity index (χ1v) is 11.1. The van der Waals surface area contributed by atoms with Gasteiger partial charge in [0.2, 0.25) is 5.91 Å². The Kier molecular flexibility index (Phi) is 7.09. The van der Waals surface area contributed by atoms with Gasteiger partial charge in [0.15, 0.2) is 0 Å². The number of esters is 1. The highest BCUT2D eigenvalue weighted by Gasteiger charge is 2.30. The van der Waals surface area contributed by atoms with Crippen LogP contribution in [0.2, 0.25) is 0 Å². The lowest BCUT2D eigenvalue weighted by Crippen LogP contribution is -3.11. The predicted molar refractivity (Wildman–Crippen MR) is 110 cm³/mol. The van der Waals surface area contributed by atoms with Crippen molar-refractivity contribution in [3.8, 4) is 0 Å². The number of anilines is 1. The monoisotopic (exact) mass is 423 g/mol. The zero-order chi connectivity index (χ0) is 20.1. The Morgan fingerprint density at radius 3 is 2.75 bits per heavy atom. The first kappa shape index (κ1) is 20.8. The average molecular weight is 424 g/mol. The summed E-state index contributed by atoms with van der Waals surface area (Å²) in [4.78, 5) is 28.3. The number of rotatable bonds is 7. The fraction of sp³-hybridized carbons (Fsp3) is 0.400. The molecule has 8 heteroatoms. The molecule has 150 valence electrons. The molecule has 0 spiro atoms. The molecule has 1 aromatic heterocycles. The van der Waals surface area contributed by atoms with E-state index in [1.165, 1.54) is 47.2 Å². The number of ether oxygens (including phenoxy) is 1. The van der Waals surface area contributed by atoms with Gasteiger partial charge in [-0.1, -0.05) is 0 Å². The van der Waals surface area contributed by atoms with Crippen LogP contribution in [0.4, 0.5) is 9.39 Å². The number of halogens is 1. The summed E-state index contributed by atoms with van der Waals surface area (Å²) in [6.45, 7) is 5.03. The topological polar surface area (TPSA) is 59.8 Å². The smallest absolute Gasteiger partial charge is 0.341 e. The standard InChI is InChI=1S/C20H23FN2O3S2/c1-3-23-10-8-15-16(12-23)28-19(18(15)20(25)26-2)22-17(24)9-11-27-14-6-4-13(21)5-7-14/h4-7H,3,8-12H2,1-2H3,(H,22,24)/p+1. The highest BCUT2D eigenvalue weighted by atomic mass is 32.2. The summed E-state index contributed by atoms with van der Waals surface area (Å²) in [5.41, 5.74) is 1.53. The van der Waals surface area contributed by atoms with E-state index in [0.29, 0.717) is 22.7 Å². The van der Waals surface area contributed by atoms with Gasteiger partial charge in [0.25, 0.3) is 0 Å². The molecule has 2 heterocycles. The second-order valence-corrected chi connectivity index (χ2v) is 8.85. The van der Waals surface area contributed by atoms with Gasteiger partial charge in [-0.15, -0.1) is 23.1 Å². The van der Waals surface area contributed by atoms with E-state index in [0.717, 1.165) is 41.4 Å². The lowest BCUT2D eigenvalue weighted by Gasteiger charge is -2.22. The molecule has 0 radical (unpaired) electrons. The molecule has 5 nitrogen and oxygen atoms in total. The number of thiophene rings is 1. The highest BCUT2D eigenvalue weighted by Crippen LogP contribution is 2.35. The number of hydrogen-bond acceptors (Lipinski definition) is 5. The zero-order valence-electron chi connectivity index (χ0n) is 16.0. The average Bonchev–Trinajstić information content (AvgIpc) is 3.05. The molecule has 1 aromatic carbocycles. The number of carbonyl (C=O) groups is 2. The first-order chi connectivity index (χ1) is 13.5. The van der Waals surface area contributed by atoms with Crippen molar-refractivity contribution >= 4 is 40.0 Å². The SMILES string of the molecule is CC[NH+]1CCc2c(sc(NC(=O)CCSc3ccc(F)cc3)c2C(=O)OC)C1. The summed E-state index contributed by atoms with van der Waals surface area (Å²) in [6, 6.07) is 6.20. The van der Waals surface area contributed by atoms with E-state index in [1.54, 1.807) is 12.1 Å². The molecule has 0 bridgehead atoms. The van der Waals surface area contributed by atoms with Gasteiger partial charge >= 0.3 is 5.97 Å². The molecule has 3 rings (SSSR count). The third-order valence-electron chi connectivity index (χ3n) is 4.78. The Hall–Kier alpha value is -1.90. The minimum absolute atomic E-state index is 0.141. The van der Waals surface area contributed by atoms with E-state index < -0.39 is 5.97 Å². The normalized spacial score (nSPS) is 15.8. The minimum atomic E-state index is -0.395. The summed E-state index contributed by atoms with van der Waals surface area (Å²) in [7, 11) is 1.36. The lowest BCUT2D eigenvalue weighted by atomic mass is 10.0. The van der Waals surface area contributed by atoms with E-state index in [9.17, 15) is 14.0 Å². The van der Waals surface area contributed by atoms with Crippen molar-refractivity contribution in [1.29, 1.82) is 0 Å². The van der Waals surface area contributed by atoms with Crippen LogP contribution >= 0.6 is 23.1 Å². The lowest BCUT2D eigenvalue weighted by molar-refractivity contribution is -0.913. The summed E-state index contributed by atoms with van der Waals surface area (Å²) < 4.78 is 17.9. The molecule has 1 unspecified atom stereocenters.